The van der Waals surface area contributed by atoms with Crippen LogP contribution >= 0.6 is 0 Å². The van der Waals surface area contributed by atoms with Gasteiger partial charge >= 0.3 is 0 Å². The average molecular weight is 148 g/mol. The summed E-state index contributed by atoms with van der Waals surface area (Å²) in [5, 5.41) is 0. The van der Waals surface area contributed by atoms with Gasteiger partial charge in [0.15, 0.2) is 6.29 Å². The maximum Gasteiger partial charge on any atom is 0.156 e. The monoisotopic (exact) mass is 148 g/mol. The highest BCUT2D eigenvalue weighted by molar-refractivity contribution is 4.45. The molecular formula is C6H16N2O2. The summed E-state index contributed by atoms with van der Waals surface area (Å²) in [6, 6.07) is 0. The van der Waals surface area contributed by atoms with Gasteiger partial charge in [-0.1, -0.05) is 0 Å². The molecule has 3 N–H and O–H groups in total. The summed E-state index contributed by atoms with van der Waals surface area (Å²) >= 11 is 0. The van der Waals surface area contributed by atoms with Gasteiger partial charge in [0.25, 0.3) is 0 Å². The molecule has 0 aromatic carbocycles. The van der Waals surface area contributed by atoms with E-state index in [-0.39, 0.29) is 6.29 Å². The van der Waals surface area contributed by atoms with E-state index in [2.05, 4.69) is 5.43 Å². The lowest BCUT2D eigenvalue weighted by atomic mass is 10.3. The van der Waals surface area contributed by atoms with Crippen molar-refractivity contribution >= 4 is 0 Å². The van der Waals surface area contributed by atoms with Crippen LogP contribution in [0.3, 0.4) is 0 Å². The second-order valence-corrected chi connectivity index (χ2v) is 2.00. The fourth-order valence-electron chi connectivity index (χ4n) is 0.703. The first-order valence-electron chi connectivity index (χ1n) is 3.34. The van der Waals surface area contributed by atoms with Crippen molar-refractivity contribution in [2.75, 3.05) is 20.8 Å². The first kappa shape index (κ1) is 9.84. The van der Waals surface area contributed by atoms with Gasteiger partial charge in [-0.05, 0) is 12.8 Å². The highest BCUT2D eigenvalue weighted by Crippen LogP contribution is 1.99. The van der Waals surface area contributed by atoms with Crippen LogP contribution in [-0.2, 0) is 9.47 Å². The predicted molar refractivity (Wildman–Crippen MR) is 39.2 cm³/mol. The van der Waals surface area contributed by atoms with Crippen LogP contribution in [-0.4, -0.2) is 27.1 Å². The van der Waals surface area contributed by atoms with E-state index in [0.717, 1.165) is 19.4 Å². The smallest absolute Gasteiger partial charge is 0.156 e. The zero-order valence-electron chi connectivity index (χ0n) is 6.59. The molecule has 0 fully saturated rings. The van der Waals surface area contributed by atoms with E-state index < -0.39 is 0 Å². The van der Waals surface area contributed by atoms with Crippen molar-refractivity contribution in [2.45, 2.75) is 19.1 Å². The lowest BCUT2D eigenvalue weighted by molar-refractivity contribution is -0.106. The molecule has 0 aromatic rings. The van der Waals surface area contributed by atoms with E-state index in [0.29, 0.717) is 0 Å². The quantitative estimate of drug-likeness (QED) is 0.238. The van der Waals surface area contributed by atoms with Gasteiger partial charge in [0.1, 0.15) is 0 Å². The Labute approximate surface area is 61.7 Å². The molecule has 0 saturated carbocycles. The van der Waals surface area contributed by atoms with Crippen LogP contribution in [0, 0.1) is 0 Å². The molecule has 0 spiro atoms. The van der Waals surface area contributed by atoms with E-state index in [1.807, 2.05) is 0 Å². The number of ether oxygens (including phenoxy) is 2. The second-order valence-electron chi connectivity index (χ2n) is 2.00. The van der Waals surface area contributed by atoms with Crippen molar-refractivity contribution in [2.24, 2.45) is 5.84 Å². The van der Waals surface area contributed by atoms with Crippen molar-refractivity contribution in [3.8, 4) is 0 Å². The molecule has 0 saturated heterocycles. The number of nitrogens with one attached hydrogen (secondary N) is 1. The number of nitrogens with two attached hydrogens (primary N) is 1. The van der Waals surface area contributed by atoms with Crippen LogP contribution in [0.5, 0.6) is 0 Å². The minimum Gasteiger partial charge on any atom is -0.356 e. The second kappa shape index (κ2) is 6.95. The van der Waals surface area contributed by atoms with Gasteiger partial charge in [-0.3, -0.25) is 11.3 Å². The van der Waals surface area contributed by atoms with Crippen molar-refractivity contribution in [1.82, 2.24) is 5.43 Å². The topological polar surface area (TPSA) is 56.5 Å². The fraction of sp³-hybridized carbons (Fsp3) is 1.00. The van der Waals surface area contributed by atoms with E-state index in [1.54, 1.807) is 14.2 Å². The molecule has 0 atom stereocenters. The van der Waals surface area contributed by atoms with Crippen LogP contribution in [0.25, 0.3) is 0 Å². The molecule has 0 aliphatic carbocycles. The molecule has 4 nitrogen and oxygen atoms in total. The Balaban J connectivity index is 3.09. The van der Waals surface area contributed by atoms with Crippen LogP contribution in [0.15, 0.2) is 0 Å². The van der Waals surface area contributed by atoms with Crippen molar-refractivity contribution in [3.63, 3.8) is 0 Å². The largest absolute Gasteiger partial charge is 0.356 e. The van der Waals surface area contributed by atoms with Crippen LogP contribution < -0.4 is 11.3 Å². The van der Waals surface area contributed by atoms with Crippen molar-refractivity contribution in [3.05, 3.63) is 0 Å². The van der Waals surface area contributed by atoms with Crippen LogP contribution in [0.1, 0.15) is 12.8 Å². The number of hydrogen-bond donors (Lipinski definition) is 2. The Hall–Kier alpha value is -0.160. The lowest BCUT2D eigenvalue weighted by Gasteiger charge is -2.11. The van der Waals surface area contributed by atoms with Gasteiger partial charge in [0.2, 0.25) is 0 Å². The number of hydrogen-bond acceptors (Lipinski definition) is 4. The average Bonchev–Trinajstić information content (AvgIpc) is 1.99. The Kier molecular flexibility index (Phi) is 6.84. The molecule has 10 heavy (non-hydrogen) atoms. The number of rotatable bonds is 6. The summed E-state index contributed by atoms with van der Waals surface area (Å²) in [6.07, 6.45) is 1.74. The molecular weight excluding hydrogens is 132 g/mol. The molecule has 0 aliphatic rings. The molecule has 0 unspecified atom stereocenters. The Morgan fingerprint density at radius 2 is 2.00 bits per heavy atom. The van der Waals surface area contributed by atoms with Crippen LogP contribution in [0.2, 0.25) is 0 Å². The van der Waals surface area contributed by atoms with Crippen LogP contribution in [0.4, 0.5) is 0 Å². The first-order chi connectivity index (χ1) is 4.85. The normalized spacial score (nSPS) is 10.8. The van der Waals surface area contributed by atoms with E-state index >= 15 is 0 Å². The molecule has 0 radical (unpaired) electrons. The SMILES string of the molecule is COC(CCCNN)OC. The molecule has 0 bridgehead atoms. The summed E-state index contributed by atoms with van der Waals surface area (Å²) < 4.78 is 9.91. The summed E-state index contributed by atoms with van der Waals surface area (Å²) in [6.45, 7) is 0.795. The van der Waals surface area contributed by atoms with Gasteiger partial charge in [0.05, 0.1) is 0 Å². The molecule has 0 rings (SSSR count). The van der Waals surface area contributed by atoms with Gasteiger partial charge in [-0.15, -0.1) is 0 Å². The standard InChI is InChI=1S/C6H16N2O2/c1-9-6(10-2)4-3-5-8-7/h6,8H,3-5,7H2,1-2H3. The number of hydrazine groups is 1. The minimum atomic E-state index is -0.0895. The first-order valence-corrected chi connectivity index (χ1v) is 3.34. The number of methoxy groups -OCH3 is 2. The summed E-state index contributed by atoms with van der Waals surface area (Å²) in [5.74, 6) is 5.07. The van der Waals surface area contributed by atoms with Gasteiger partial charge in [-0.2, -0.15) is 0 Å². The molecule has 0 aromatic heterocycles. The maximum atomic E-state index is 5.07. The molecule has 0 heterocycles. The highest BCUT2D eigenvalue weighted by atomic mass is 16.7. The zero-order valence-corrected chi connectivity index (χ0v) is 6.59. The van der Waals surface area contributed by atoms with E-state index in [4.69, 9.17) is 15.3 Å². The Bertz CT molecular complexity index is 66.8. The molecule has 0 amide bonds. The predicted octanol–water partition coefficient (Wildman–Crippen LogP) is -0.151. The van der Waals surface area contributed by atoms with Crippen molar-refractivity contribution < 1.29 is 9.47 Å². The summed E-state index contributed by atoms with van der Waals surface area (Å²) in [4.78, 5) is 0. The molecule has 62 valence electrons. The highest BCUT2D eigenvalue weighted by Gasteiger charge is 2.02. The zero-order chi connectivity index (χ0) is 7.82. The fourth-order valence-corrected chi connectivity index (χ4v) is 0.703. The Morgan fingerprint density at radius 3 is 2.40 bits per heavy atom. The third kappa shape index (κ3) is 4.69. The lowest BCUT2D eigenvalue weighted by Crippen LogP contribution is -2.24. The minimum absolute atomic E-state index is 0.0895. The third-order valence-corrected chi connectivity index (χ3v) is 1.29. The van der Waals surface area contributed by atoms with Gasteiger partial charge < -0.3 is 9.47 Å². The summed E-state index contributed by atoms with van der Waals surface area (Å²) in [5.41, 5.74) is 2.56. The molecule has 0 aliphatic heterocycles. The molecule has 4 heteroatoms. The third-order valence-electron chi connectivity index (χ3n) is 1.29. The van der Waals surface area contributed by atoms with Crippen molar-refractivity contribution in [1.29, 1.82) is 0 Å². The van der Waals surface area contributed by atoms with Gasteiger partial charge in [0, 0.05) is 20.8 Å². The summed E-state index contributed by atoms with van der Waals surface area (Å²) in [7, 11) is 3.26. The van der Waals surface area contributed by atoms with E-state index in [9.17, 15) is 0 Å². The van der Waals surface area contributed by atoms with E-state index in [1.165, 1.54) is 0 Å². The maximum absolute atomic E-state index is 5.07. The van der Waals surface area contributed by atoms with Gasteiger partial charge in [-0.25, -0.2) is 0 Å². The Morgan fingerprint density at radius 1 is 1.40 bits per heavy atom.